The van der Waals surface area contributed by atoms with Crippen molar-refractivity contribution < 1.29 is 9.53 Å². The van der Waals surface area contributed by atoms with Crippen LogP contribution in [-0.2, 0) is 4.74 Å². The molecule has 4 nitrogen and oxygen atoms in total. The number of carbonyl (C=O) groups excluding carboxylic acids is 1. The van der Waals surface area contributed by atoms with Crippen molar-refractivity contribution in [3.63, 3.8) is 0 Å². The third kappa shape index (κ3) is 2.38. The molecule has 1 aromatic carbocycles. The van der Waals surface area contributed by atoms with E-state index in [2.05, 4.69) is 27.1 Å². The Morgan fingerprint density at radius 2 is 2.20 bits per heavy atom. The van der Waals surface area contributed by atoms with Crippen LogP contribution in [0.4, 0.5) is 0 Å². The number of benzene rings is 1. The van der Waals surface area contributed by atoms with Crippen molar-refractivity contribution in [3.8, 4) is 5.69 Å². The van der Waals surface area contributed by atoms with Gasteiger partial charge in [-0.05, 0) is 53.4 Å². The molecule has 20 heavy (non-hydrogen) atoms. The molecule has 1 fully saturated rings. The number of ether oxygens (including phenoxy) is 1. The lowest BCUT2D eigenvalue weighted by Gasteiger charge is -2.10. The van der Waals surface area contributed by atoms with Crippen LogP contribution in [0.2, 0.25) is 0 Å². The lowest BCUT2D eigenvalue weighted by atomic mass is 10.1. The van der Waals surface area contributed by atoms with E-state index in [4.69, 9.17) is 4.74 Å². The van der Waals surface area contributed by atoms with Gasteiger partial charge in [-0.25, -0.2) is 9.78 Å². The summed E-state index contributed by atoms with van der Waals surface area (Å²) in [6.07, 6.45) is 6.31. The first-order chi connectivity index (χ1) is 9.60. The summed E-state index contributed by atoms with van der Waals surface area (Å²) in [5.74, 6) is 0.271. The average Bonchev–Trinajstić information content (AvgIpc) is 3.17. The van der Waals surface area contributed by atoms with E-state index in [0.29, 0.717) is 11.5 Å². The van der Waals surface area contributed by atoms with Crippen molar-refractivity contribution in [1.82, 2.24) is 9.55 Å². The third-order valence-electron chi connectivity index (χ3n) is 3.57. The van der Waals surface area contributed by atoms with Gasteiger partial charge < -0.3 is 9.30 Å². The number of aryl methyl sites for hydroxylation is 1. The van der Waals surface area contributed by atoms with E-state index in [1.807, 2.05) is 30.0 Å². The van der Waals surface area contributed by atoms with E-state index in [-0.39, 0.29) is 5.97 Å². The topological polar surface area (TPSA) is 44.1 Å². The second-order valence-corrected chi connectivity index (χ2v) is 5.94. The Bertz CT molecular complexity index is 675. The molecular formula is C15H15BrN2O2. The highest BCUT2D eigenvalue weighted by Crippen LogP contribution is 2.39. The lowest BCUT2D eigenvalue weighted by Crippen LogP contribution is -2.05. The molecule has 2 aromatic rings. The lowest BCUT2D eigenvalue weighted by molar-refractivity contribution is 0.0599. The van der Waals surface area contributed by atoms with Crippen molar-refractivity contribution >= 4 is 21.9 Å². The number of hydrogen-bond acceptors (Lipinski definition) is 3. The van der Waals surface area contributed by atoms with Crippen LogP contribution in [-0.4, -0.2) is 22.6 Å². The summed E-state index contributed by atoms with van der Waals surface area (Å²) in [4.78, 5) is 16.2. The first-order valence-electron chi connectivity index (χ1n) is 6.53. The average molecular weight is 335 g/mol. The number of halogens is 1. The van der Waals surface area contributed by atoms with Gasteiger partial charge in [-0.15, -0.1) is 0 Å². The summed E-state index contributed by atoms with van der Waals surface area (Å²) in [5.41, 5.74) is 3.68. The highest BCUT2D eigenvalue weighted by atomic mass is 79.9. The largest absolute Gasteiger partial charge is 0.465 e. The molecule has 0 atom stereocenters. The van der Waals surface area contributed by atoms with Gasteiger partial charge in [0.05, 0.1) is 30.4 Å². The molecule has 0 N–H and O–H groups in total. The van der Waals surface area contributed by atoms with Gasteiger partial charge in [-0.1, -0.05) is 0 Å². The van der Waals surface area contributed by atoms with Gasteiger partial charge >= 0.3 is 5.97 Å². The number of hydrogen-bond donors (Lipinski definition) is 0. The summed E-state index contributed by atoms with van der Waals surface area (Å²) in [7, 11) is 1.39. The van der Waals surface area contributed by atoms with Crippen LogP contribution >= 0.6 is 15.9 Å². The molecule has 0 radical (unpaired) electrons. The number of nitrogens with zero attached hydrogens (tertiary/aromatic N) is 2. The van der Waals surface area contributed by atoms with E-state index in [0.717, 1.165) is 21.4 Å². The first-order valence-corrected chi connectivity index (χ1v) is 7.32. The summed E-state index contributed by atoms with van der Waals surface area (Å²) >= 11 is 3.41. The minimum Gasteiger partial charge on any atom is -0.465 e. The van der Waals surface area contributed by atoms with Gasteiger partial charge in [-0.3, -0.25) is 0 Å². The summed E-state index contributed by atoms with van der Waals surface area (Å²) in [6, 6.07) is 3.77. The van der Waals surface area contributed by atoms with Gasteiger partial charge in [0.2, 0.25) is 0 Å². The zero-order chi connectivity index (χ0) is 14.3. The molecule has 0 bridgehead atoms. The molecule has 0 saturated heterocycles. The molecule has 0 spiro atoms. The number of imidazole rings is 1. The molecule has 1 saturated carbocycles. The van der Waals surface area contributed by atoms with E-state index in [1.54, 1.807) is 0 Å². The fourth-order valence-electron chi connectivity index (χ4n) is 2.27. The molecule has 0 unspecified atom stereocenters. The van der Waals surface area contributed by atoms with E-state index in [9.17, 15) is 4.79 Å². The van der Waals surface area contributed by atoms with Crippen LogP contribution < -0.4 is 0 Å². The molecule has 5 heteroatoms. The van der Waals surface area contributed by atoms with Crippen LogP contribution in [0.3, 0.4) is 0 Å². The maximum Gasteiger partial charge on any atom is 0.339 e. The van der Waals surface area contributed by atoms with E-state index < -0.39 is 0 Å². The molecule has 1 heterocycles. The zero-order valence-electron chi connectivity index (χ0n) is 11.4. The van der Waals surface area contributed by atoms with Crippen LogP contribution in [0.15, 0.2) is 29.1 Å². The quantitative estimate of drug-likeness (QED) is 0.805. The Hall–Kier alpha value is -1.62. The zero-order valence-corrected chi connectivity index (χ0v) is 13.0. The van der Waals surface area contributed by atoms with Gasteiger partial charge in [0.15, 0.2) is 0 Å². The predicted octanol–water partition coefficient (Wildman–Crippen LogP) is 3.61. The molecule has 0 amide bonds. The second-order valence-electron chi connectivity index (χ2n) is 5.09. The number of aromatic nitrogens is 2. The monoisotopic (exact) mass is 334 g/mol. The maximum atomic E-state index is 11.8. The highest BCUT2D eigenvalue weighted by molar-refractivity contribution is 9.10. The van der Waals surface area contributed by atoms with Crippen molar-refractivity contribution in [1.29, 1.82) is 0 Å². The third-order valence-corrected chi connectivity index (χ3v) is 4.22. The first kappa shape index (κ1) is 13.4. The standard InChI is InChI=1S/C15H15BrN2O2/c1-9-5-12(16)11(15(19)20-2)6-14(9)18-7-13(17-8-18)10-3-4-10/h5-8,10H,3-4H2,1-2H3. The van der Waals surface area contributed by atoms with Crippen LogP contribution in [0, 0.1) is 6.92 Å². The smallest absolute Gasteiger partial charge is 0.339 e. The van der Waals surface area contributed by atoms with Crippen molar-refractivity contribution in [2.24, 2.45) is 0 Å². The Kier molecular flexibility index (Phi) is 3.38. The fraction of sp³-hybridized carbons (Fsp3) is 0.333. The molecule has 1 aliphatic carbocycles. The second kappa shape index (κ2) is 5.05. The van der Waals surface area contributed by atoms with Gasteiger partial charge in [0, 0.05) is 16.6 Å². The predicted molar refractivity (Wildman–Crippen MR) is 79.3 cm³/mol. The molecule has 1 aliphatic rings. The minimum absolute atomic E-state index is 0.347. The van der Waals surface area contributed by atoms with Crippen LogP contribution in [0.5, 0.6) is 0 Å². The molecule has 1 aromatic heterocycles. The van der Waals surface area contributed by atoms with Gasteiger partial charge in [-0.2, -0.15) is 0 Å². The SMILES string of the molecule is COC(=O)c1cc(-n2cnc(C3CC3)c2)c(C)cc1Br. The summed E-state index contributed by atoms with van der Waals surface area (Å²) < 4.78 is 7.53. The summed E-state index contributed by atoms with van der Waals surface area (Å²) in [6.45, 7) is 2.01. The number of esters is 1. The van der Waals surface area contributed by atoms with Crippen LogP contribution in [0.1, 0.15) is 40.4 Å². The van der Waals surface area contributed by atoms with Gasteiger partial charge in [0.1, 0.15) is 0 Å². The number of carbonyl (C=O) groups is 1. The Balaban J connectivity index is 2.04. The molecule has 3 rings (SSSR count). The maximum absolute atomic E-state index is 11.8. The highest BCUT2D eigenvalue weighted by Gasteiger charge is 2.26. The van der Waals surface area contributed by atoms with Crippen LogP contribution in [0.25, 0.3) is 5.69 Å². The number of methoxy groups -OCH3 is 1. The number of rotatable bonds is 3. The Morgan fingerprint density at radius 3 is 2.85 bits per heavy atom. The molecule has 104 valence electrons. The normalized spacial score (nSPS) is 14.3. The van der Waals surface area contributed by atoms with Crippen molar-refractivity contribution in [2.75, 3.05) is 7.11 Å². The Labute approximate surface area is 125 Å². The molecule has 0 aliphatic heterocycles. The van der Waals surface area contributed by atoms with Crippen molar-refractivity contribution in [2.45, 2.75) is 25.7 Å². The molecular weight excluding hydrogens is 320 g/mol. The summed E-state index contributed by atoms with van der Waals surface area (Å²) in [5, 5.41) is 0. The van der Waals surface area contributed by atoms with Crippen molar-refractivity contribution in [3.05, 3.63) is 46.0 Å². The fourth-order valence-corrected chi connectivity index (χ4v) is 2.89. The minimum atomic E-state index is -0.347. The van der Waals surface area contributed by atoms with E-state index >= 15 is 0 Å². The van der Waals surface area contributed by atoms with E-state index in [1.165, 1.54) is 20.0 Å². The Morgan fingerprint density at radius 1 is 1.45 bits per heavy atom. The van der Waals surface area contributed by atoms with Gasteiger partial charge in [0.25, 0.3) is 0 Å².